The highest BCUT2D eigenvalue weighted by Gasteiger charge is 2.63. The Morgan fingerprint density at radius 1 is 0.520 bits per heavy atom. The van der Waals surface area contributed by atoms with Gasteiger partial charge in [-0.15, -0.1) is 13.2 Å². The lowest BCUT2D eigenvalue weighted by Crippen LogP contribution is -2.63. The van der Waals surface area contributed by atoms with Crippen LogP contribution in [0, 0.1) is 64.6 Å². The van der Waals surface area contributed by atoms with Crippen LogP contribution in [-0.2, 0) is 91.5 Å². The second-order valence-corrected chi connectivity index (χ2v) is 67.9. The van der Waals surface area contributed by atoms with Gasteiger partial charge in [-0.05, 0) is 254 Å². The molecule has 0 spiro atoms. The number of carbonyl (C=O) groups is 8. The van der Waals surface area contributed by atoms with Gasteiger partial charge in [-0.1, -0.05) is 85.1 Å². The fraction of sp³-hybridized carbons (Fsp3) is 0.784. The Balaban J connectivity index is -0.000000270. The van der Waals surface area contributed by atoms with Gasteiger partial charge in [0.25, 0.3) is 0 Å². The fourth-order valence-electron chi connectivity index (χ4n) is 12.6. The molecule has 3 saturated carbocycles. The van der Waals surface area contributed by atoms with Crippen molar-refractivity contribution in [2.45, 2.75) is 302 Å². The van der Waals surface area contributed by atoms with E-state index in [-0.39, 0.29) is 125 Å². The molecule has 28 heteroatoms. The van der Waals surface area contributed by atoms with Crippen molar-refractivity contribution in [2.75, 3.05) is 12.8 Å². The molecule has 2 heterocycles. The average Bonchev–Trinajstić information content (AvgIpc) is 1.57. The van der Waals surface area contributed by atoms with Gasteiger partial charge in [0.1, 0.15) is 11.2 Å². The standard InChI is InChI=1S/C32H60O10Si4.C16H38O5Si4.C12H18O2.C4H2O3.C2H4.8CH4/c1-20-25(29(35)38-27(20)33)26-21-16-22(23(17-21)28(34)39-31(2,3)4)24(26)18-32(5,6)30(36)37-19-46(40-43(7,8)9,41-44(10,11)12)42-45(13,14)15;1-15(2)16(17)18-13-12-14-25(19-22(3,4)5,20-23(6,7)8)21-24(9,10)11;1-12(2,3)14-11(13)10-7-8-4-5-9(10)6-8;5-3-1-2-4(6)7-3;1-2;;;;;;;;/h20-26H,16-19H2,1-15H3;1,12-14H2,2-11H3;4-5,8-10H,6-7H2,1-3H3;1-2H;1-2H2;8*1H4. The van der Waals surface area contributed by atoms with Crippen molar-refractivity contribution in [3.63, 3.8) is 0 Å². The maximum Gasteiger partial charge on any atom is 0.509 e. The molecule has 0 aromatic carbocycles. The molecule has 0 amide bonds. The zero-order valence-electron chi connectivity index (χ0n) is 62.7. The van der Waals surface area contributed by atoms with Gasteiger partial charge in [0.2, 0.25) is 0 Å². The van der Waals surface area contributed by atoms with Gasteiger partial charge < -0.3 is 53.1 Å². The summed E-state index contributed by atoms with van der Waals surface area (Å²) in [5.41, 5.74) is -1.53. The van der Waals surface area contributed by atoms with E-state index in [0.29, 0.717) is 49.3 Å². The summed E-state index contributed by atoms with van der Waals surface area (Å²) in [6.07, 6.45) is 11.1. The summed E-state index contributed by atoms with van der Waals surface area (Å²) in [7, 11) is -18.4. The third-order valence-corrected chi connectivity index (χ3v) is 38.6. The van der Waals surface area contributed by atoms with Crippen molar-refractivity contribution >= 4 is 115 Å². The van der Waals surface area contributed by atoms with Gasteiger partial charge in [-0.3, -0.25) is 24.0 Å². The highest BCUT2D eigenvalue weighted by molar-refractivity contribution is 6.91. The van der Waals surface area contributed by atoms with Gasteiger partial charge >= 0.3 is 65.4 Å². The smallest absolute Gasteiger partial charge is 0.462 e. The van der Waals surface area contributed by atoms with Crippen LogP contribution in [0.4, 0.5) is 0 Å². The molecule has 602 valence electrons. The molecule has 20 nitrogen and oxygen atoms in total. The Morgan fingerprint density at radius 2 is 0.912 bits per heavy atom. The minimum Gasteiger partial charge on any atom is -0.462 e. The molecule has 4 aliphatic carbocycles. The van der Waals surface area contributed by atoms with E-state index in [0.717, 1.165) is 31.4 Å². The molecule has 10 unspecified atom stereocenters. The number of hydrogen-bond donors (Lipinski definition) is 0. The third kappa shape index (κ3) is 39.5. The van der Waals surface area contributed by atoms with Crippen LogP contribution in [0.25, 0.3) is 0 Å². The molecular weight excluding hydrogens is 1430 g/mol. The van der Waals surface area contributed by atoms with Crippen LogP contribution in [0.2, 0.25) is 124 Å². The number of ether oxygens (including phenoxy) is 6. The molecular formula is C74H154O20Si8. The molecule has 0 N–H and O–H groups in total. The van der Waals surface area contributed by atoms with Gasteiger partial charge in [0, 0.05) is 23.8 Å². The monoisotopic (exact) mass is 1590 g/mol. The van der Waals surface area contributed by atoms with Crippen molar-refractivity contribution in [2.24, 2.45) is 64.6 Å². The van der Waals surface area contributed by atoms with Crippen LogP contribution < -0.4 is 0 Å². The first-order valence-corrected chi connectivity index (χ1v) is 57.6. The number of rotatable bonds is 25. The van der Waals surface area contributed by atoms with E-state index >= 15 is 0 Å². The van der Waals surface area contributed by atoms with E-state index in [4.69, 9.17) is 48.4 Å². The topological polar surface area (TPSA) is 247 Å². The highest BCUT2D eigenvalue weighted by Crippen LogP contribution is 2.62. The quantitative estimate of drug-likeness (QED) is 0.0157. The fourth-order valence-corrected chi connectivity index (χ4v) is 41.1. The Labute approximate surface area is 632 Å². The molecule has 2 aliphatic heterocycles. The number of hydrogen-bond acceptors (Lipinski definition) is 20. The maximum absolute atomic E-state index is 14.0. The second kappa shape index (κ2) is 43.6. The van der Waals surface area contributed by atoms with Crippen LogP contribution in [-0.4, -0.2) is 139 Å². The summed E-state index contributed by atoms with van der Waals surface area (Å²) in [6, 6.07) is 0.676. The van der Waals surface area contributed by atoms with Crippen molar-refractivity contribution in [1.29, 1.82) is 0 Å². The largest absolute Gasteiger partial charge is 0.509 e. The predicted molar refractivity (Wildman–Crippen MR) is 439 cm³/mol. The first kappa shape index (κ1) is 112. The first-order valence-electron chi connectivity index (χ1n) is 33.3. The van der Waals surface area contributed by atoms with Gasteiger partial charge in [0.05, 0.1) is 35.7 Å². The summed E-state index contributed by atoms with van der Waals surface area (Å²) in [4.78, 5) is 96.1. The van der Waals surface area contributed by atoms with Crippen molar-refractivity contribution < 1.29 is 91.5 Å². The van der Waals surface area contributed by atoms with E-state index in [2.05, 4.69) is 154 Å². The van der Waals surface area contributed by atoms with Gasteiger partial charge in [-0.25, -0.2) is 14.4 Å². The van der Waals surface area contributed by atoms with Gasteiger partial charge in [0.15, 0.2) is 56.1 Å². The molecule has 102 heavy (non-hydrogen) atoms. The van der Waals surface area contributed by atoms with E-state index in [9.17, 15) is 38.4 Å². The molecule has 0 aromatic heterocycles. The molecule has 0 radical (unpaired) electrons. The lowest BCUT2D eigenvalue weighted by Gasteiger charge is -2.43. The molecule has 0 aromatic rings. The lowest BCUT2D eigenvalue weighted by molar-refractivity contribution is -0.165. The Morgan fingerprint density at radius 3 is 1.23 bits per heavy atom. The molecule has 4 fully saturated rings. The van der Waals surface area contributed by atoms with E-state index in [1.165, 1.54) is 0 Å². The maximum atomic E-state index is 14.0. The molecule has 4 bridgehead atoms. The Hall–Kier alpha value is -3.38. The van der Waals surface area contributed by atoms with Crippen molar-refractivity contribution in [3.8, 4) is 0 Å². The average molecular weight is 1590 g/mol. The number of allylic oxidation sites excluding steroid dienone is 2. The van der Waals surface area contributed by atoms with E-state index in [1.807, 2.05) is 55.4 Å². The number of fused-ring (bicyclic) bond motifs is 4. The summed E-state index contributed by atoms with van der Waals surface area (Å²) in [5.74, 6) is -3.85. The lowest BCUT2D eigenvalue weighted by atomic mass is 9.62. The molecule has 6 rings (SSSR count). The number of cyclic esters (lactones) is 4. The summed E-state index contributed by atoms with van der Waals surface area (Å²) in [6.45, 7) is 66.6. The Kier molecular flexibility index (Phi) is 47.8. The summed E-state index contributed by atoms with van der Waals surface area (Å²) >= 11 is 0. The molecule has 1 saturated heterocycles. The van der Waals surface area contributed by atoms with Crippen molar-refractivity contribution in [3.05, 3.63) is 49.6 Å². The number of carbonyl (C=O) groups excluding carboxylic acids is 8. The summed E-state index contributed by atoms with van der Waals surface area (Å²) in [5, 5.41) is 0. The normalized spacial score (nSPS) is 22.6. The van der Waals surface area contributed by atoms with Gasteiger partial charge in [-0.2, -0.15) is 0 Å². The second-order valence-electron chi connectivity index (χ2n) is 34.2. The minimum atomic E-state index is -3.43. The summed E-state index contributed by atoms with van der Waals surface area (Å²) < 4.78 is 71.5. The third-order valence-electron chi connectivity index (χ3n) is 14.9. The van der Waals surface area contributed by atoms with Crippen LogP contribution in [0.5, 0.6) is 0 Å². The first-order chi connectivity index (χ1) is 42.2. The molecule has 10 atom stereocenters. The zero-order valence-corrected chi connectivity index (χ0v) is 70.7. The van der Waals surface area contributed by atoms with Crippen LogP contribution in [0.3, 0.4) is 0 Å². The Bertz CT molecular complexity index is 2620. The van der Waals surface area contributed by atoms with E-state index < -0.39 is 120 Å². The van der Waals surface area contributed by atoms with Crippen molar-refractivity contribution in [1.82, 2.24) is 0 Å². The zero-order chi connectivity index (χ0) is 73.1. The number of esters is 8. The van der Waals surface area contributed by atoms with Crippen LogP contribution in [0.1, 0.15) is 167 Å². The van der Waals surface area contributed by atoms with E-state index in [1.54, 1.807) is 13.8 Å². The minimum absolute atomic E-state index is 0. The predicted octanol–water partition coefficient (Wildman–Crippen LogP) is 19.6. The SMILES string of the molecule is C.C.C.C.C.C.C.C.C=C.C=C(C)C(=O)OCCC[Si](O[Si](C)(C)C)(O[Si](C)(C)C)O[Si](C)(C)C.CC(C)(C)OC(=O)C1CC2C=CC1C2.CC1C(=O)OC(=O)C1C1C2CC(C(=O)OC(C)(C)C)C(C2)C1CC(C)(C)C(=O)OC[Si](O[Si](C)(C)C)(O[Si](C)(C)C)O[Si](C)(C)C.O=C1C=CC(=O)O1. The highest BCUT2D eigenvalue weighted by atomic mass is 28.5. The van der Waals surface area contributed by atoms with Crippen LogP contribution in [0.15, 0.2) is 49.6 Å². The van der Waals surface area contributed by atoms with Crippen LogP contribution >= 0.6 is 0 Å². The molecule has 6 aliphatic rings.